The zero-order valence-corrected chi connectivity index (χ0v) is 21.0. The van der Waals surface area contributed by atoms with E-state index < -0.39 is 0 Å². The molecule has 3 heteroatoms. The molecule has 0 spiro atoms. The van der Waals surface area contributed by atoms with E-state index in [1.54, 1.807) is 0 Å². The molecule has 0 bridgehead atoms. The molecule has 1 aliphatic carbocycles. The fourth-order valence-corrected chi connectivity index (χ4v) is 6.70. The number of furan rings is 1. The number of rotatable bonds is 2. The number of allylic oxidation sites excluding steroid dienone is 2. The Labute approximate surface area is 224 Å². The van der Waals surface area contributed by atoms with Crippen LogP contribution in [-0.4, -0.2) is 10.7 Å². The second kappa shape index (κ2) is 7.75. The summed E-state index contributed by atoms with van der Waals surface area (Å²) in [7, 11) is 0. The van der Waals surface area contributed by atoms with Crippen LogP contribution in [0.3, 0.4) is 0 Å². The van der Waals surface area contributed by atoms with E-state index in [0.717, 1.165) is 44.5 Å². The SMILES string of the molecule is C1=CC2c3cccc(-c4cccc5c4oc4ccccc45)c3OC2C(n2c3ccccc3c3ccccc32)=C1. The first kappa shape index (κ1) is 21.0. The predicted octanol–water partition coefficient (Wildman–Crippen LogP) is 9.32. The van der Waals surface area contributed by atoms with Crippen LogP contribution in [-0.2, 0) is 0 Å². The molecule has 5 aromatic carbocycles. The Kier molecular flexibility index (Phi) is 4.17. The van der Waals surface area contributed by atoms with Crippen LogP contribution in [0.1, 0.15) is 11.5 Å². The van der Waals surface area contributed by atoms with Crippen molar-refractivity contribution in [3.05, 3.63) is 133 Å². The highest BCUT2D eigenvalue weighted by molar-refractivity contribution is 6.11. The number of fused-ring (bicyclic) bond motifs is 9. The van der Waals surface area contributed by atoms with Gasteiger partial charge in [-0.25, -0.2) is 0 Å². The fraction of sp³-hybridized carbons (Fsp3) is 0.0556. The molecule has 0 fully saturated rings. The Morgan fingerprint density at radius 3 is 2.08 bits per heavy atom. The van der Waals surface area contributed by atoms with E-state index in [4.69, 9.17) is 9.15 Å². The van der Waals surface area contributed by atoms with Crippen molar-refractivity contribution in [2.24, 2.45) is 0 Å². The standard InChI is InChI=1S/C36H23NO2/c1-4-18-30-22(10-1)23-11-2-5-19-31(23)37(30)32-20-9-17-29-28-16-8-15-27(35(28)39-36(29)32)26-14-7-13-25-24-12-3-6-21-33(24)38-34(25)26/h1-21,29,36H. The maximum absolute atomic E-state index is 6.97. The average Bonchev–Trinajstić information content (AvgIpc) is 3.67. The van der Waals surface area contributed by atoms with Gasteiger partial charge in [0.2, 0.25) is 0 Å². The first-order valence-electron chi connectivity index (χ1n) is 13.4. The van der Waals surface area contributed by atoms with Crippen molar-refractivity contribution in [2.75, 3.05) is 0 Å². The number of ether oxygens (including phenoxy) is 1. The second-order valence-electron chi connectivity index (χ2n) is 10.4. The summed E-state index contributed by atoms with van der Waals surface area (Å²) in [5.74, 6) is 1.08. The number of benzene rings is 5. The van der Waals surface area contributed by atoms with E-state index >= 15 is 0 Å². The van der Waals surface area contributed by atoms with Crippen molar-refractivity contribution in [3.63, 3.8) is 0 Å². The molecule has 0 radical (unpaired) electrons. The van der Waals surface area contributed by atoms with Gasteiger partial charge in [-0.2, -0.15) is 0 Å². The molecule has 2 aliphatic rings. The molecule has 1 aliphatic heterocycles. The third kappa shape index (κ3) is 2.82. The van der Waals surface area contributed by atoms with E-state index in [9.17, 15) is 0 Å². The van der Waals surface area contributed by atoms with E-state index in [-0.39, 0.29) is 12.0 Å². The van der Waals surface area contributed by atoms with Crippen molar-refractivity contribution in [2.45, 2.75) is 12.0 Å². The number of hydrogen-bond acceptors (Lipinski definition) is 2. The van der Waals surface area contributed by atoms with E-state index in [0.29, 0.717) is 0 Å². The van der Waals surface area contributed by atoms with Crippen LogP contribution in [0.15, 0.2) is 132 Å². The molecule has 3 nitrogen and oxygen atoms in total. The summed E-state index contributed by atoms with van der Waals surface area (Å²) in [6.07, 6.45) is 6.55. The number of para-hydroxylation sites is 5. The van der Waals surface area contributed by atoms with Gasteiger partial charge >= 0.3 is 0 Å². The summed E-state index contributed by atoms with van der Waals surface area (Å²) >= 11 is 0. The molecule has 9 rings (SSSR count). The maximum atomic E-state index is 6.97. The molecule has 2 aromatic heterocycles. The average molecular weight is 502 g/mol. The number of nitrogens with zero attached hydrogens (tertiary/aromatic N) is 1. The number of aromatic nitrogens is 1. The topological polar surface area (TPSA) is 27.3 Å². The van der Waals surface area contributed by atoms with Crippen molar-refractivity contribution in [1.82, 2.24) is 4.57 Å². The monoisotopic (exact) mass is 501 g/mol. The minimum absolute atomic E-state index is 0.125. The molecule has 2 unspecified atom stereocenters. The Hall–Kier alpha value is -5.02. The third-order valence-electron chi connectivity index (χ3n) is 8.39. The minimum atomic E-state index is -0.125. The van der Waals surface area contributed by atoms with Crippen LogP contribution < -0.4 is 4.74 Å². The molecule has 0 saturated carbocycles. The van der Waals surface area contributed by atoms with Gasteiger partial charge in [0, 0.05) is 44.2 Å². The molecular weight excluding hydrogens is 478 g/mol. The summed E-state index contributed by atoms with van der Waals surface area (Å²) in [6, 6.07) is 38.5. The second-order valence-corrected chi connectivity index (χ2v) is 10.4. The number of hydrogen-bond donors (Lipinski definition) is 0. The predicted molar refractivity (Wildman–Crippen MR) is 159 cm³/mol. The van der Waals surface area contributed by atoms with E-state index in [1.165, 1.54) is 27.4 Å². The van der Waals surface area contributed by atoms with Crippen LogP contribution in [0.5, 0.6) is 5.75 Å². The van der Waals surface area contributed by atoms with Crippen LogP contribution in [0, 0.1) is 0 Å². The smallest absolute Gasteiger partial charge is 0.149 e. The highest BCUT2D eigenvalue weighted by Crippen LogP contribution is 2.51. The van der Waals surface area contributed by atoms with Crippen LogP contribution in [0.25, 0.3) is 60.6 Å². The summed E-state index contributed by atoms with van der Waals surface area (Å²) in [5.41, 5.74) is 8.71. The van der Waals surface area contributed by atoms with E-state index in [1.807, 2.05) is 12.1 Å². The van der Waals surface area contributed by atoms with Gasteiger partial charge in [0.15, 0.2) is 0 Å². The molecule has 39 heavy (non-hydrogen) atoms. The molecule has 3 heterocycles. The summed E-state index contributed by atoms with van der Waals surface area (Å²) < 4.78 is 15.8. The first-order chi connectivity index (χ1) is 19.4. The normalized spacial score (nSPS) is 18.0. The van der Waals surface area contributed by atoms with Crippen molar-refractivity contribution in [3.8, 4) is 16.9 Å². The van der Waals surface area contributed by atoms with Crippen molar-refractivity contribution >= 4 is 49.4 Å². The summed E-state index contributed by atoms with van der Waals surface area (Å²) in [6.45, 7) is 0. The lowest BCUT2D eigenvalue weighted by molar-refractivity contribution is 0.273. The van der Waals surface area contributed by atoms with Crippen LogP contribution >= 0.6 is 0 Å². The first-order valence-corrected chi connectivity index (χ1v) is 13.4. The Morgan fingerprint density at radius 1 is 0.590 bits per heavy atom. The molecule has 184 valence electrons. The van der Waals surface area contributed by atoms with Gasteiger partial charge in [-0.05, 0) is 24.3 Å². The molecule has 0 N–H and O–H groups in total. The molecule has 0 saturated heterocycles. The van der Waals surface area contributed by atoms with Crippen LogP contribution in [0.2, 0.25) is 0 Å². The van der Waals surface area contributed by atoms with Crippen LogP contribution in [0.4, 0.5) is 0 Å². The lowest BCUT2D eigenvalue weighted by Gasteiger charge is -2.25. The molecule has 2 atom stereocenters. The van der Waals surface area contributed by atoms with E-state index in [2.05, 4.69) is 120 Å². The quantitative estimate of drug-likeness (QED) is 0.236. The minimum Gasteiger partial charge on any atom is -0.482 e. The highest BCUT2D eigenvalue weighted by Gasteiger charge is 2.39. The van der Waals surface area contributed by atoms with Gasteiger partial charge in [-0.15, -0.1) is 0 Å². The van der Waals surface area contributed by atoms with Gasteiger partial charge in [-0.3, -0.25) is 0 Å². The lowest BCUT2D eigenvalue weighted by Crippen LogP contribution is -2.24. The van der Waals surface area contributed by atoms with Gasteiger partial charge in [0.25, 0.3) is 0 Å². The zero-order chi connectivity index (χ0) is 25.5. The third-order valence-corrected chi connectivity index (χ3v) is 8.39. The molecular formula is C36H23NO2. The Bertz CT molecular complexity index is 2120. The fourth-order valence-electron chi connectivity index (χ4n) is 6.70. The summed E-state index contributed by atoms with van der Waals surface area (Å²) in [5, 5.41) is 4.78. The lowest BCUT2D eigenvalue weighted by atomic mass is 9.88. The Morgan fingerprint density at radius 2 is 1.26 bits per heavy atom. The zero-order valence-electron chi connectivity index (χ0n) is 21.0. The van der Waals surface area contributed by atoms with Gasteiger partial charge < -0.3 is 13.7 Å². The van der Waals surface area contributed by atoms with Crippen molar-refractivity contribution in [1.29, 1.82) is 0 Å². The molecule has 0 amide bonds. The van der Waals surface area contributed by atoms with Gasteiger partial charge in [0.1, 0.15) is 23.0 Å². The van der Waals surface area contributed by atoms with Gasteiger partial charge in [0.05, 0.1) is 16.7 Å². The van der Waals surface area contributed by atoms with Crippen molar-refractivity contribution < 1.29 is 9.15 Å². The van der Waals surface area contributed by atoms with Gasteiger partial charge in [-0.1, -0.05) is 103 Å². The summed E-state index contributed by atoms with van der Waals surface area (Å²) in [4.78, 5) is 0. The largest absolute Gasteiger partial charge is 0.482 e. The molecule has 7 aromatic rings. The highest BCUT2D eigenvalue weighted by atomic mass is 16.5. The maximum Gasteiger partial charge on any atom is 0.149 e. The Balaban J connectivity index is 1.23.